The first-order chi connectivity index (χ1) is 8.52. The van der Waals surface area contributed by atoms with E-state index in [0.717, 1.165) is 5.56 Å². The smallest absolute Gasteiger partial charge is 0.334 e. The third kappa shape index (κ3) is 4.42. The number of carboxylic acid groups (broad SMARTS) is 1. The van der Waals surface area contributed by atoms with Crippen LogP contribution in [0.5, 0.6) is 5.75 Å². The number of aliphatic carboxylic acids is 1. The van der Waals surface area contributed by atoms with Crippen molar-refractivity contribution in [3.8, 4) is 5.75 Å². The summed E-state index contributed by atoms with van der Waals surface area (Å²) < 4.78 is 4.98. The Kier molecular flexibility index (Phi) is 5.13. The molecule has 0 aromatic heterocycles. The highest BCUT2D eigenvalue weighted by molar-refractivity contribution is 5.80. The van der Waals surface area contributed by atoms with Gasteiger partial charge in [-0.05, 0) is 17.7 Å². The van der Waals surface area contributed by atoms with Crippen molar-refractivity contribution in [3.63, 3.8) is 0 Å². The number of methoxy groups -OCH3 is 1. The van der Waals surface area contributed by atoms with Gasteiger partial charge in [-0.15, -0.1) is 0 Å². The van der Waals surface area contributed by atoms with E-state index in [1.807, 2.05) is 0 Å². The Bertz CT molecular complexity index is 415. The Labute approximate surface area is 104 Å². The minimum atomic E-state index is -1.58. The van der Waals surface area contributed by atoms with Crippen molar-refractivity contribution < 1.29 is 24.5 Å². The van der Waals surface area contributed by atoms with Crippen LogP contribution in [0, 0.1) is 0 Å². The molecule has 18 heavy (non-hydrogen) atoms. The maximum absolute atomic E-state index is 11.4. The highest BCUT2D eigenvalue weighted by Crippen LogP contribution is 2.11. The molecule has 0 aliphatic heterocycles. The van der Waals surface area contributed by atoms with Crippen molar-refractivity contribution in [2.24, 2.45) is 0 Å². The number of nitrogens with one attached hydrogen (secondary N) is 1. The lowest BCUT2D eigenvalue weighted by molar-refractivity contribution is -0.146. The fourth-order valence-corrected chi connectivity index (χ4v) is 1.29. The van der Waals surface area contributed by atoms with Gasteiger partial charge in [0.15, 0.2) is 6.10 Å². The summed E-state index contributed by atoms with van der Waals surface area (Å²) in [5.41, 5.74) is 0.776. The van der Waals surface area contributed by atoms with Crippen LogP contribution in [0.15, 0.2) is 24.3 Å². The van der Waals surface area contributed by atoms with Crippen molar-refractivity contribution >= 4 is 11.9 Å². The quantitative estimate of drug-likeness (QED) is 0.652. The lowest BCUT2D eigenvalue weighted by Gasteiger charge is -2.08. The second kappa shape index (κ2) is 6.61. The van der Waals surface area contributed by atoms with Gasteiger partial charge in [0.2, 0.25) is 5.91 Å². The Morgan fingerprint density at radius 2 is 1.94 bits per heavy atom. The average molecular weight is 253 g/mol. The SMILES string of the molecule is COc1ccc(CC(=O)NC[C@H](O)C(=O)O)cc1. The van der Waals surface area contributed by atoms with Gasteiger partial charge in [0, 0.05) is 0 Å². The molecule has 0 heterocycles. The summed E-state index contributed by atoms with van der Waals surface area (Å²) in [6, 6.07) is 6.95. The molecule has 0 saturated heterocycles. The zero-order valence-corrected chi connectivity index (χ0v) is 9.92. The van der Waals surface area contributed by atoms with E-state index in [9.17, 15) is 9.59 Å². The molecule has 3 N–H and O–H groups in total. The minimum Gasteiger partial charge on any atom is -0.497 e. The van der Waals surface area contributed by atoms with Crippen LogP contribution in [0.1, 0.15) is 5.56 Å². The van der Waals surface area contributed by atoms with E-state index in [2.05, 4.69) is 5.32 Å². The molecule has 0 spiro atoms. The molecule has 0 aliphatic rings. The van der Waals surface area contributed by atoms with E-state index in [0.29, 0.717) is 5.75 Å². The second-order valence-electron chi connectivity index (χ2n) is 3.68. The average Bonchev–Trinajstić information content (AvgIpc) is 2.36. The van der Waals surface area contributed by atoms with Crippen LogP contribution in [0.2, 0.25) is 0 Å². The maximum Gasteiger partial charge on any atom is 0.334 e. The van der Waals surface area contributed by atoms with Gasteiger partial charge in [0.1, 0.15) is 5.75 Å². The number of rotatable bonds is 6. The zero-order valence-electron chi connectivity index (χ0n) is 9.92. The van der Waals surface area contributed by atoms with E-state index in [1.165, 1.54) is 0 Å². The van der Waals surface area contributed by atoms with Crippen molar-refractivity contribution in [2.45, 2.75) is 12.5 Å². The van der Waals surface area contributed by atoms with Gasteiger partial charge in [-0.25, -0.2) is 4.79 Å². The third-order valence-electron chi connectivity index (χ3n) is 2.30. The summed E-state index contributed by atoms with van der Waals surface area (Å²) in [6.07, 6.45) is -1.46. The fourth-order valence-electron chi connectivity index (χ4n) is 1.29. The summed E-state index contributed by atoms with van der Waals surface area (Å²) in [5.74, 6) is -1.01. The summed E-state index contributed by atoms with van der Waals surface area (Å²) in [4.78, 5) is 21.8. The molecule has 0 aliphatic carbocycles. The molecule has 0 unspecified atom stereocenters. The van der Waals surface area contributed by atoms with Crippen LogP contribution >= 0.6 is 0 Å². The number of hydrogen-bond acceptors (Lipinski definition) is 4. The molecule has 0 radical (unpaired) electrons. The molecular formula is C12H15NO5. The predicted molar refractivity (Wildman–Crippen MR) is 63.4 cm³/mol. The van der Waals surface area contributed by atoms with Crippen molar-refractivity contribution in [3.05, 3.63) is 29.8 Å². The molecule has 0 saturated carbocycles. The molecule has 1 atom stereocenters. The monoisotopic (exact) mass is 253 g/mol. The molecule has 1 aromatic carbocycles. The third-order valence-corrected chi connectivity index (χ3v) is 2.30. The number of ether oxygens (including phenoxy) is 1. The van der Waals surface area contributed by atoms with E-state index < -0.39 is 12.1 Å². The predicted octanol–water partition coefficient (Wildman–Crippen LogP) is -0.201. The second-order valence-corrected chi connectivity index (χ2v) is 3.68. The number of carboxylic acids is 1. The number of aliphatic hydroxyl groups is 1. The number of carbonyl (C=O) groups is 2. The van der Waals surface area contributed by atoms with Crippen LogP contribution in [0.25, 0.3) is 0 Å². The number of hydrogen-bond donors (Lipinski definition) is 3. The van der Waals surface area contributed by atoms with Crippen molar-refractivity contribution in [1.82, 2.24) is 5.32 Å². The highest BCUT2D eigenvalue weighted by atomic mass is 16.5. The van der Waals surface area contributed by atoms with Crippen LogP contribution < -0.4 is 10.1 Å². The molecular weight excluding hydrogens is 238 g/mol. The van der Waals surface area contributed by atoms with Gasteiger partial charge in [0.25, 0.3) is 0 Å². The van der Waals surface area contributed by atoms with Gasteiger partial charge in [0.05, 0.1) is 20.1 Å². The fraction of sp³-hybridized carbons (Fsp3) is 0.333. The van der Waals surface area contributed by atoms with Crippen molar-refractivity contribution in [1.29, 1.82) is 0 Å². The number of benzene rings is 1. The molecule has 0 fully saturated rings. The first kappa shape index (κ1) is 14.0. The van der Waals surface area contributed by atoms with Crippen LogP contribution in [0.3, 0.4) is 0 Å². The summed E-state index contributed by atoms with van der Waals surface area (Å²) in [6.45, 7) is -0.301. The number of amides is 1. The molecule has 1 rings (SSSR count). The van der Waals surface area contributed by atoms with Gasteiger partial charge < -0.3 is 20.3 Å². The van der Waals surface area contributed by atoms with Crippen LogP contribution in [-0.2, 0) is 16.0 Å². The van der Waals surface area contributed by atoms with Crippen LogP contribution in [0.4, 0.5) is 0 Å². The molecule has 0 bridgehead atoms. The Hall–Kier alpha value is -2.08. The Morgan fingerprint density at radius 1 is 1.33 bits per heavy atom. The van der Waals surface area contributed by atoms with Gasteiger partial charge in [-0.3, -0.25) is 4.79 Å². The van der Waals surface area contributed by atoms with E-state index >= 15 is 0 Å². The lowest BCUT2D eigenvalue weighted by atomic mass is 10.1. The Balaban J connectivity index is 2.42. The van der Waals surface area contributed by atoms with E-state index in [1.54, 1.807) is 31.4 Å². The van der Waals surface area contributed by atoms with Gasteiger partial charge in [-0.1, -0.05) is 12.1 Å². The first-order valence-electron chi connectivity index (χ1n) is 5.33. The normalized spacial score (nSPS) is 11.7. The van der Waals surface area contributed by atoms with Gasteiger partial charge in [-0.2, -0.15) is 0 Å². The van der Waals surface area contributed by atoms with E-state index in [-0.39, 0.29) is 18.9 Å². The molecule has 1 aromatic rings. The van der Waals surface area contributed by atoms with Crippen LogP contribution in [-0.4, -0.2) is 41.8 Å². The zero-order chi connectivity index (χ0) is 13.5. The molecule has 6 heteroatoms. The summed E-state index contributed by atoms with van der Waals surface area (Å²) >= 11 is 0. The lowest BCUT2D eigenvalue weighted by Crippen LogP contribution is -2.37. The summed E-state index contributed by atoms with van der Waals surface area (Å²) in [7, 11) is 1.55. The maximum atomic E-state index is 11.4. The minimum absolute atomic E-state index is 0.121. The highest BCUT2D eigenvalue weighted by Gasteiger charge is 2.14. The number of carbonyl (C=O) groups excluding carboxylic acids is 1. The molecule has 98 valence electrons. The summed E-state index contributed by atoms with van der Waals surface area (Å²) in [5, 5.41) is 19.7. The topological polar surface area (TPSA) is 95.9 Å². The Morgan fingerprint density at radius 3 is 2.44 bits per heavy atom. The van der Waals surface area contributed by atoms with Gasteiger partial charge >= 0.3 is 5.97 Å². The first-order valence-corrected chi connectivity index (χ1v) is 5.33. The van der Waals surface area contributed by atoms with Crippen molar-refractivity contribution in [2.75, 3.05) is 13.7 Å². The molecule has 1 amide bonds. The van der Waals surface area contributed by atoms with E-state index in [4.69, 9.17) is 14.9 Å². The largest absolute Gasteiger partial charge is 0.497 e. The standard InChI is InChI=1S/C12H15NO5/c1-18-9-4-2-8(3-5-9)6-11(15)13-7-10(14)12(16)17/h2-5,10,14H,6-7H2,1H3,(H,13,15)(H,16,17)/t10-/m0/s1. The molecule has 6 nitrogen and oxygen atoms in total. The number of aliphatic hydroxyl groups excluding tert-OH is 1.